The summed E-state index contributed by atoms with van der Waals surface area (Å²) in [5.41, 5.74) is 8.53. The average Bonchev–Trinajstić information content (AvgIpc) is 3.43. The highest BCUT2D eigenvalue weighted by atomic mass is 32.1. The molecule has 0 radical (unpaired) electrons. The number of para-hydroxylation sites is 1. The van der Waals surface area contributed by atoms with Crippen LogP contribution in [0.25, 0.3) is 16.7 Å². The number of carbonyl (C=O) groups excluding carboxylic acids is 3. The number of nitrogens with two attached hydrogens (primary N) is 1. The third-order valence-electron chi connectivity index (χ3n) is 4.86. The fourth-order valence-electron chi connectivity index (χ4n) is 3.31. The van der Waals surface area contributed by atoms with Gasteiger partial charge >= 0.3 is 0 Å². The Kier molecular flexibility index (Phi) is 5.85. The monoisotopic (exact) mass is 433 g/mol. The van der Waals surface area contributed by atoms with E-state index in [2.05, 4.69) is 15.4 Å². The molecular formula is C22H19N5O3S. The number of ketones is 1. The third-order valence-corrected chi connectivity index (χ3v) is 5.68. The molecule has 156 valence electrons. The van der Waals surface area contributed by atoms with Gasteiger partial charge in [-0.2, -0.15) is 5.10 Å². The summed E-state index contributed by atoms with van der Waals surface area (Å²) >= 11 is 1.13. The molecule has 0 aliphatic carbocycles. The van der Waals surface area contributed by atoms with Gasteiger partial charge in [-0.15, -0.1) is 11.3 Å². The van der Waals surface area contributed by atoms with Gasteiger partial charge in [-0.3, -0.25) is 14.4 Å². The largest absolute Gasteiger partial charge is 0.363 e. The number of primary amides is 1. The Morgan fingerprint density at radius 2 is 1.81 bits per heavy atom. The van der Waals surface area contributed by atoms with Gasteiger partial charge in [-0.25, -0.2) is 9.67 Å². The molecule has 0 fully saturated rings. The number of Topliss-reactive ketones (excluding diaryl/α,β-unsaturated/α-hetero) is 1. The van der Waals surface area contributed by atoms with E-state index in [9.17, 15) is 14.4 Å². The Bertz CT molecular complexity index is 1250. The molecule has 2 aromatic heterocycles. The number of hydrogen-bond acceptors (Lipinski definition) is 6. The van der Waals surface area contributed by atoms with Crippen LogP contribution in [-0.2, 0) is 16.0 Å². The number of fused-ring (bicyclic) bond motifs is 1. The third kappa shape index (κ3) is 4.36. The summed E-state index contributed by atoms with van der Waals surface area (Å²) in [6.07, 6.45) is 2.44. The molecule has 0 saturated heterocycles. The zero-order valence-electron chi connectivity index (χ0n) is 16.4. The Hall–Kier alpha value is -3.85. The summed E-state index contributed by atoms with van der Waals surface area (Å²) in [5, 5.41) is 7.91. The number of carbonyl (C=O) groups is 3. The van der Waals surface area contributed by atoms with Crippen molar-refractivity contribution in [1.29, 1.82) is 0 Å². The predicted molar refractivity (Wildman–Crippen MR) is 117 cm³/mol. The summed E-state index contributed by atoms with van der Waals surface area (Å²) in [7, 11) is 0. The quantitative estimate of drug-likeness (QED) is 0.413. The fourth-order valence-corrected chi connectivity index (χ4v) is 3.98. The zero-order valence-corrected chi connectivity index (χ0v) is 17.2. The molecule has 4 aromatic rings. The standard InChI is InChI=1S/C22H19N5O3S/c23-20(29)18(28)16(11-10-14-6-2-1-3-7-14)26-22(30)19-21(24-13-31-19)27-17-9-5-4-8-15(17)12-25-27/h1-9,12-13,16H,10-11H2,(H2,23,29)(H,26,30)/t16-/m0/s1. The van der Waals surface area contributed by atoms with Gasteiger partial charge in [0, 0.05) is 5.39 Å². The number of aryl methyl sites for hydroxylation is 1. The second-order valence-corrected chi connectivity index (χ2v) is 7.75. The molecule has 8 nitrogen and oxygen atoms in total. The molecule has 0 bridgehead atoms. The van der Waals surface area contributed by atoms with E-state index in [4.69, 9.17) is 5.73 Å². The molecule has 3 N–H and O–H groups in total. The summed E-state index contributed by atoms with van der Waals surface area (Å²) in [6.45, 7) is 0. The highest BCUT2D eigenvalue weighted by molar-refractivity contribution is 7.12. The van der Waals surface area contributed by atoms with Gasteiger partial charge in [0.25, 0.3) is 11.8 Å². The van der Waals surface area contributed by atoms with Crippen LogP contribution in [0.4, 0.5) is 0 Å². The van der Waals surface area contributed by atoms with Crippen LogP contribution in [0.5, 0.6) is 0 Å². The van der Waals surface area contributed by atoms with Crippen molar-refractivity contribution < 1.29 is 14.4 Å². The minimum Gasteiger partial charge on any atom is -0.363 e. The Balaban J connectivity index is 1.57. The lowest BCUT2D eigenvalue weighted by atomic mass is 10.0. The number of thiazole rings is 1. The van der Waals surface area contributed by atoms with Crippen molar-refractivity contribution in [2.24, 2.45) is 5.73 Å². The maximum absolute atomic E-state index is 13.0. The second kappa shape index (κ2) is 8.88. The van der Waals surface area contributed by atoms with Crippen LogP contribution in [0.2, 0.25) is 0 Å². The Morgan fingerprint density at radius 3 is 2.58 bits per heavy atom. The first-order valence-electron chi connectivity index (χ1n) is 9.59. The molecule has 0 aliphatic heterocycles. The lowest BCUT2D eigenvalue weighted by Crippen LogP contribution is -2.46. The number of amides is 2. The lowest BCUT2D eigenvalue weighted by molar-refractivity contribution is -0.137. The second-order valence-electron chi connectivity index (χ2n) is 6.90. The maximum atomic E-state index is 13.0. The van der Waals surface area contributed by atoms with E-state index in [-0.39, 0.29) is 11.3 Å². The smallest absolute Gasteiger partial charge is 0.287 e. The molecule has 2 heterocycles. The van der Waals surface area contributed by atoms with Gasteiger partial charge in [0.05, 0.1) is 23.3 Å². The first-order valence-corrected chi connectivity index (χ1v) is 10.5. The van der Waals surface area contributed by atoms with E-state index < -0.39 is 23.6 Å². The molecule has 0 unspecified atom stereocenters. The summed E-state index contributed by atoms with van der Waals surface area (Å²) in [6, 6.07) is 16.0. The van der Waals surface area contributed by atoms with E-state index in [1.165, 1.54) is 5.51 Å². The SMILES string of the molecule is NC(=O)C(=O)[C@H](CCc1ccccc1)NC(=O)c1scnc1-n1ncc2ccccc21. The number of hydrogen-bond donors (Lipinski definition) is 2. The van der Waals surface area contributed by atoms with Crippen LogP contribution in [0.3, 0.4) is 0 Å². The first-order chi connectivity index (χ1) is 15.0. The lowest BCUT2D eigenvalue weighted by Gasteiger charge is -2.16. The first kappa shape index (κ1) is 20.4. The van der Waals surface area contributed by atoms with Crippen molar-refractivity contribution >= 4 is 39.8 Å². The highest BCUT2D eigenvalue weighted by Crippen LogP contribution is 2.22. The van der Waals surface area contributed by atoms with E-state index in [1.54, 1.807) is 10.9 Å². The summed E-state index contributed by atoms with van der Waals surface area (Å²) in [5.74, 6) is -2.07. The Labute approximate surface area is 181 Å². The van der Waals surface area contributed by atoms with Crippen LogP contribution in [0.1, 0.15) is 21.7 Å². The molecule has 0 saturated carbocycles. The van der Waals surface area contributed by atoms with E-state index >= 15 is 0 Å². The van der Waals surface area contributed by atoms with Crippen LogP contribution in [0.15, 0.2) is 66.3 Å². The van der Waals surface area contributed by atoms with Crippen molar-refractivity contribution in [2.75, 3.05) is 0 Å². The minimum absolute atomic E-state index is 0.246. The molecule has 4 rings (SSSR count). The van der Waals surface area contributed by atoms with Gasteiger partial charge in [-0.1, -0.05) is 48.5 Å². The molecule has 0 aliphatic rings. The molecule has 31 heavy (non-hydrogen) atoms. The van der Waals surface area contributed by atoms with Crippen molar-refractivity contribution in [3.63, 3.8) is 0 Å². The number of nitrogens with one attached hydrogen (secondary N) is 1. The fraction of sp³-hybridized carbons (Fsp3) is 0.136. The number of aromatic nitrogens is 3. The van der Waals surface area contributed by atoms with E-state index in [0.29, 0.717) is 12.2 Å². The molecule has 9 heteroatoms. The minimum atomic E-state index is -1.08. The average molecular weight is 433 g/mol. The summed E-state index contributed by atoms with van der Waals surface area (Å²) < 4.78 is 1.58. The number of nitrogens with zero attached hydrogens (tertiary/aromatic N) is 3. The molecule has 0 spiro atoms. The predicted octanol–water partition coefficient (Wildman–Crippen LogP) is 2.27. The van der Waals surface area contributed by atoms with Gasteiger partial charge in [0.1, 0.15) is 4.88 Å². The van der Waals surface area contributed by atoms with E-state index in [1.807, 2.05) is 54.6 Å². The van der Waals surface area contributed by atoms with Crippen LogP contribution < -0.4 is 11.1 Å². The molecule has 1 atom stereocenters. The van der Waals surface area contributed by atoms with Crippen molar-refractivity contribution in [2.45, 2.75) is 18.9 Å². The molecule has 2 amide bonds. The van der Waals surface area contributed by atoms with Crippen LogP contribution in [-0.4, -0.2) is 38.4 Å². The van der Waals surface area contributed by atoms with Crippen molar-refractivity contribution in [3.05, 3.63) is 76.7 Å². The molecule has 2 aromatic carbocycles. The van der Waals surface area contributed by atoms with Crippen LogP contribution >= 0.6 is 11.3 Å². The van der Waals surface area contributed by atoms with Gasteiger partial charge in [0.15, 0.2) is 5.82 Å². The van der Waals surface area contributed by atoms with Gasteiger partial charge in [0.2, 0.25) is 5.78 Å². The number of rotatable bonds is 8. The van der Waals surface area contributed by atoms with E-state index in [0.717, 1.165) is 27.8 Å². The highest BCUT2D eigenvalue weighted by Gasteiger charge is 2.27. The normalized spacial score (nSPS) is 11.9. The number of benzene rings is 2. The maximum Gasteiger partial charge on any atom is 0.287 e. The topological polar surface area (TPSA) is 120 Å². The van der Waals surface area contributed by atoms with Crippen molar-refractivity contribution in [1.82, 2.24) is 20.1 Å². The zero-order chi connectivity index (χ0) is 21.8. The van der Waals surface area contributed by atoms with Crippen molar-refractivity contribution in [3.8, 4) is 5.82 Å². The van der Waals surface area contributed by atoms with Crippen LogP contribution in [0, 0.1) is 0 Å². The Morgan fingerprint density at radius 1 is 1.06 bits per heavy atom. The summed E-state index contributed by atoms with van der Waals surface area (Å²) in [4.78, 5) is 41.5. The molecular weight excluding hydrogens is 414 g/mol. The van der Waals surface area contributed by atoms with Gasteiger partial charge in [-0.05, 0) is 24.5 Å². The van der Waals surface area contributed by atoms with Gasteiger partial charge < -0.3 is 11.1 Å².